The number of Topliss-reactive ketones (excluding diaryl/α,β-unsaturated/α-hetero) is 1. The van der Waals surface area contributed by atoms with Gasteiger partial charge in [0.25, 0.3) is 11.8 Å². The van der Waals surface area contributed by atoms with Gasteiger partial charge in [-0.1, -0.05) is 67.4 Å². The van der Waals surface area contributed by atoms with Crippen LogP contribution in [0.2, 0.25) is 0 Å². The van der Waals surface area contributed by atoms with Crippen molar-refractivity contribution in [2.24, 2.45) is 0 Å². The largest absolute Gasteiger partial charge is 0.457 e. The second-order valence-electron chi connectivity index (χ2n) is 10.7. The van der Waals surface area contributed by atoms with Crippen LogP contribution in [0.25, 0.3) is 0 Å². The molecule has 0 spiro atoms. The minimum atomic E-state index is -0.921. The molecule has 1 saturated heterocycles. The van der Waals surface area contributed by atoms with Crippen molar-refractivity contribution >= 4 is 23.5 Å². The van der Waals surface area contributed by atoms with E-state index < -0.39 is 29.7 Å². The van der Waals surface area contributed by atoms with Crippen LogP contribution in [0.4, 0.5) is 0 Å². The molecule has 2 N–H and O–H groups in total. The molecule has 2 aliphatic rings. The SMILES string of the molecule is O=C(NC1CCCC1)C(=O)C1CCCN1C(=O)[C@H](Cc1ccccc1)NC(=O)c1cccc(Oc2ccccc2)c1. The first-order valence-corrected chi connectivity index (χ1v) is 14.3. The number of ketones is 1. The van der Waals surface area contributed by atoms with E-state index >= 15 is 0 Å². The number of ether oxygens (including phenoxy) is 1. The summed E-state index contributed by atoms with van der Waals surface area (Å²) in [6.45, 7) is 0.355. The van der Waals surface area contributed by atoms with E-state index in [0.29, 0.717) is 36.4 Å². The maximum Gasteiger partial charge on any atom is 0.289 e. The lowest BCUT2D eigenvalue weighted by Crippen LogP contribution is -2.54. The summed E-state index contributed by atoms with van der Waals surface area (Å²) >= 11 is 0. The van der Waals surface area contributed by atoms with E-state index in [1.54, 1.807) is 24.3 Å². The summed E-state index contributed by atoms with van der Waals surface area (Å²) < 4.78 is 5.88. The molecule has 8 heteroatoms. The Morgan fingerprint density at radius 1 is 0.805 bits per heavy atom. The fraction of sp³-hybridized carbons (Fsp3) is 0.333. The first-order valence-electron chi connectivity index (χ1n) is 14.3. The Morgan fingerprint density at radius 3 is 2.22 bits per heavy atom. The number of nitrogens with zero attached hydrogens (tertiary/aromatic N) is 1. The molecule has 1 aliphatic heterocycles. The zero-order chi connectivity index (χ0) is 28.6. The fourth-order valence-corrected chi connectivity index (χ4v) is 5.60. The van der Waals surface area contributed by atoms with E-state index in [1.807, 2.05) is 60.7 Å². The Morgan fingerprint density at radius 2 is 1.49 bits per heavy atom. The van der Waals surface area contributed by atoms with Gasteiger partial charge in [0.2, 0.25) is 11.7 Å². The van der Waals surface area contributed by atoms with E-state index in [1.165, 1.54) is 4.90 Å². The lowest BCUT2D eigenvalue weighted by atomic mass is 10.0. The average Bonchev–Trinajstić information content (AvgIpc) is 3.70. The molecular weight excluding hydrogens is 518 g/mol. The number of benzene rings is 3. The zero-order valence-electron chi connectivity index (χ0n) is 23.0. The van der Waals surface area contributed by atoms with Crippen LogP contribution in [0.1, 0.15) is 54.4 Å². The van der Waals surface area contributed by atoms with Crippen LogP contribution >= 0.6 is 0 Å². The number of hydrogen-bond donors (Lipinski definition) is 2. The van der Waals surface area contributed by atoms with Crippen LogP contribution in [0.3, 0.4) is 0 Å². The molecule has 2 fully saturated rings. The van der Waals surface area contributed by atoms with Gasteiger partial charge in [0.1, 0.15) is 23.6 Å². The number of nitrogens with one attached hydrogen (secondary N) is 2. The van der Waals surface area contributed by atoms with Crippen molar-refractivity contribution in [1.29, 1.82) is 0 Å². The second-order valence-corrected chi connectivity index (χ2v) is 10.7. The molecule has 0 radical (unpaired) electrons. The fourth-order valence-electron chi connectivity index (χ4n) is 5.60. The first kappa shape index (κ1) is 28.1. The highest BCUT2D eigenvalue weighted by atomic mass is 16.5. The van der Waals surface area contributed by atoms with Crippen molar-refractivity contribution in [2.75, 3.05) is 6.54 Å². The Bertz CT molecular complexity index is 1370. The highest BCUT2D eigenvalue weighted by molar-refractivity contribution is 6.38. The molecule has 3 aromatic rings. The zero-order valence-corrected chi connectivity index (χ0v) is 23.0. The molecule has 0 bridgehead atoms. The van der Waals surface area contributed by atoms with Crippen molar-refractivity contribution in [3.63, 3.8) is 0 Å². The van der Waals surface area contributed by atoms with Crippen molar-refractivity contribution in [2.45, 2.75) is 63.1 Å². The molecule has 5 rings (SSSR count). The Kier molecular flexibility index (Phi) is 9.08. The van der Waals surface area contributed by atoms with Crippen molar-refractivity contribution in [3.05, 3.63) is 96.1 Å². The minimum Gasteiger partial charge on any atom is -0.457 e. The van der Waals surface area contributed by atoms with Crippen LogP contribution < -0.4 is 15.4 Å². The van der Waals surface area contributed by atoms with Gasteiger partial charge in [0.15, 0.2) is 0 Å². The van der Waals surface area contributed by atoms with Crippen molar-refractivity contribution in [3.8, 4) is 11.5 Å². The summed E-state index contributed by atoms with van der Waals surface area (Å²) in [5, 5.41) is 5.75. The standard InChI is InChI=1S/C33H35N3O5/c37-30(32(39)34-25-14-7-8-15-25)29-19-10-20-36(29)33(40)28(21-23-11-3-1-4-12-23)35-31(38)24-13-9-18-27(22-24)41-26-16-5-2-6-17-26/h1-6,9,11-13,16-18,22,25,28-29H,7-8,10,14-15,19-21H2,(H,34,39)(H,35,38)/t28-,29?/m0/s1. The van der Waals surface area contributed by atoms with E-state index in [0.717, 1.165) is 31.2 Å². The summed E-state index contributed by atoms with van der Waals surface area (Å²) in [5.41, 5.74) is 1.21. The first-order chi connectivity index (χ1) is 20.0. The van der Waals surface area contributed by atoms with Crippen LogP contribution in [-0.2, 0) is 20.8 Å². The van der Waals surface area contributed by atoms with Gasteiger partial charge in [-0.25, -0.2) is 0 Å². The van der Waals surface area contributed by atoms with Crippen LogP contribution in [0, 0.1) is 0 Å². The van der Waals surface area contributed by atoms with Gasteiger partial charge in [0, 0.05) is 24.6 Å². The second kappa shape index (κ2) is 13.3. The van der Waals surface area contributed by atoms with Gasteiger partial charge < -0.3 is 20.3 Å². The van der Waals surface area contributed by atoms with Gasteiger partial charge in [-0.3, -0.25) is 19.2 Å². The third-order valence-electron chi connectivity index (χ3n) is 7.71. The summed E-state index contributed by atoms with van der Waals surface area (Å²) in [6.07, 6.45) is 5.10. The minimum absolute atomic E-state index is 0.0174. The lowest BCUT2D eigenvalue weighted by Gasteiger charge is -2.29. The Labute approximate surface area is 240 Å². The molecule has 1 aliphatic carbocycles. The number of carbonyl (C=O) groups is 4. The molecule has 1 heterocycles. The predicted molar refractivity (Wildman–Crippen MR) is 154 cm³/mol. The number of rotatable bonds is 10. The monoisotopic (exact) mass is 553 g/mol. The van der Waals surface area contributed by atoms with Crippen LogP contribution in [0.15, 0.2) is 84.9 Å². The maximum atomic E-state index is 13.9. The quantitative estimate of drug-likeness (QED) is 0.361. The Hall–Kier alpha value is -4.46. The summed E-state index contributed by atoms with van der Waals surface area (Å²) in [4.78, 5) is 54.7. The molecule has 3 amide bonds. The van der Waals surface area contributed by atoms with Crippen LogP contribution in [0.5, 0.6) is 11.5 Å². The van der Waals surface area contributed by atoms with Gasteiger partial charge in [-0.15, -0.1) is 0 Å². The molecule has 2 atom stereocenters. The smallest absolute Gasteiger partial charge is 0.289 e. The maximum absolute atomic E-state index is 13.9. The summed E-state index contributed by atoms with van der Waals surface area (Å²) in [7, 11) is 0. The molecule has 0 aromatic heterocycles. The van der Waals surface area contributed by atoms with E-state index in [4.69, 9.17) is 4.74 Å². The number of amides is 3. The van der Waals surface area contributed by atoms with Crippen molar-refractivity contribution < 1.29 is 23.9 Å². The van der Waals surface area contributed by atoms with Gasteiger partial charge >= 0.3 is 0 Å². The topological polar surface area (TPSA) is 105 Å². The van der Waals surface area contributed by atoms with E-state index in [2.05, 4.69) is 10.6 Å². The van der Waals surface area contributed by atoms with Crippen LogP contribution in [-0.4, -0.2) is 53.1 Å². The average molecular weight is 554 g/mol. The molecule has 212 valence electrons. The van der Waals surface area contributed by atoms with E-state index in [-0.39, 0.29) is 18.4 Å². The highest BCUT2D eigenvalue weighted by Crippen LogP contribution is 2.24. The molecule has 41 heavy (non-hydrogen) atoms. The number of carbonyl (C=O) groups excluding carboxylic acids is 4. The summed E-state index contributed by atoms with van der Waals surface area (Å²) in [6, 6.07) is 23.7. The molecule has 1 unspecified atom stereocenters. The predicted octanol–water partition coefficient (Wildman–Crippen LogP) is 4.44. The number of likely N-dealkylation sites (tertiary alicyclic amines) is 1. The number of para-hydroxylation sites is 1. The summed E-state index contributed by atoms with van der Waals surface area (Å²) in [5.74, 6) is -0.877. The van der Waals surface area contributed by atoms with Gasteiger partial charge in [-0.2, -0.15) is 0 Å². The Balaban J connectivity index is 1.32. The molecule has 8 nitrogen and oxygen atoms in total. The normalized spacial score (nSPS) is 17.6. The van der Waals surface area contributed by atoms with Crippen molar-refractivity contribution in [1.82, 2.24) is 15.5 Å². The number of hydrogen-bond acceptors (Lipinski definition) is 5. The molecule has 1 saturated carbocycles. The third-order valence-corrected chi connectivity index (χ3v) is 7.71. The van der Waals surface area contributed by atoms with Gasteiger partial charge in [0.05, 0.1) is 0 Å². The van der Waals surface area contributed by atoms with Gasteiger partial charge in [-0.05, 0) is 61.6 Å². The third kappa shape index (κ3) is 7.20. The highest BCUT2D eigenvalue weighted by Gasteiger charge is 2.40. The molecule has 3 aromatic carbocycles. The van der Waals surface area contributed by atoms with E-state index in [9.17, 15) is 19.2 Å². The lowest BCUT2D eigenvalue weighted by molar-refractivity contribution is -0.145. The molecular formula is C33H35N3O5.